The molecule has 2 amide bonds. The van der Waals surface area contributed by atoms with Crippen LogP contribution in [0.3, 0.4) is 0 Å². The third-order valence-corrected chi connectivity index (χ3v) is 6.98. The fourth-order valence-electron chi connectivity index (χ4n) is 4.05. The zero-order valence-corrected chi connectivity index (χ0v) is 22.6. The van der Waals surface area contributed by atoms with Gasteiger partial charge in [-0.1, -0.05) is 49.4 Å². The van der Waals surface area contributed by atoms with Gasteiger partial charge in [-0.05, 0) is 63.3 Å². The normalized spacial score (nSPS) is 12.3. The number of carbonyl (C=O) groups is 2. The number of aryl methyl sites for hydroxylation is 2. The number of sulfonamides is 1. The summed E-state index contributed by atoms with van der Waals surface area (Å²) in [6.07, 6.45) is 2.14. The maximum Gasteiger partial charge on any atom is 0.243 e. The van der Waals surface area contributed by atoms with Crippen LogP contribution in [0.1, 0.15) is 56.7 Å². The van der Waals surface area contributed by atoms with Gasteiger partial charge < -0.3 is 10.2 Å². The maximum atomic E-state index is 13.4. The highest BCUT2D eigenvalue weighted by atomic mass is 32.2. The minimum absolute atomic E-state index is 0.0360. The second kappa shape index (κ2) is 12.7. The quantitative estimate of drug-likeness (QED) is 0.473. The number of nitrogens with zero attached hydrogens (tertiary/aromatic N) is 2. The van der Waals surface area contributed by atoms with Crippen molar-refractivity contribution >= 4 is 27.5 Å². The van der Waals surface area contributed by atoms with E-state index in [2.05, 4.69) is 5.32 Å². The summed E-state index contributed by atoms with van der Waals surface area (Å²) >= 11 is 0. The molecule has 0 aliphatic heterocycles. The topological polar surface area (TPSA) is 86.8 Å². The molecule has 0 saturated carbocycles. The minimum atomic E-state index is -3.53. The van der Waals surface area contributed by atoms with E-state index in [0.29, 0.717) is 25.1 Å². The molecule has 0 spiro atoms. The lowest BCUT2D eigenvalue weighted by molar-refractivity contribution is -0.141. The number of benzene rings is 2. The Morgan fingerprint density at radius 2 is 1.69 bits per heavy atom. The van der Waals surface area contributed by atoms with Gasteiger partial charge in [0.1, 0.15) is 6.04 Å². The molecule has 0 bridgehead atoms. The SMILES string of the molecule is CC[C@@H](C(=O)NC(C)C)N(Cc1ccccc1)C(=O)CCCN(c1cc(C)ccc1C)S(C)(=O)=O. The highest BCUT2D eigenvalue weighted by Gasteiger charge is 2.29. The number of rotatable bonds is 12. The van der Waals surface area contributed by atoms with Crippen LogP contribution < -0.4 is 9.62 Å². The first-order valence-electron chi connectivity index (χ1n) is 12.1. The van der Waals surface area contributed by atoms with Gasteiger partial charge in [0, 0.05) is 25.6 Å². The number of hydrogen-bond donors (Lipinski definition) is 1. The molecule has 2 aromatic rings. The average Bonchev–Trinajstić information content (AvgIpc) is 2.77. The van der Waals surface area contributed by atoms with Crippen LogP contribution in [-0.2, 0) is 26.2 Å². The Kier molecular flexibility index (Phi) is 10.3. The van der Waals surface area contributed by atoms with Gasteiger partial charge in [-0.15, -0.1) is 0 Å². The average molecular weight is 502 g/mol. The molecule has 0 unspecified atom stereocenters. The lowest BCUT2D eigenvalue weighted by atomic mass is 10.1. The van der Waals surface area contributed by atoms with Crippen molar-refractivity contribution in [3.63, 3.8) is 0 Å². The summed E-state index contributed by atoms with van der Waals surface area (Å²) in [6.45, 7) is 9.96. The predicted molar refractivity (Wildman–Crippen MR) is 142 cm³/mol. The summed E-state index contributed by atoms with van der Waals surface area (Å²) in [5, 5.41) is 2.92. The lowest BCUT2D eigenvalue weighted by Gasteiger charge is -2.31. The molecule has 0 aliphatic carbocycles. The third kappa shape index (κ3) is 8.38. The number of hydrogen-bond acceptors (Lipinski definition) is 4. The molecule has 0 radical (unpaired) electrons. The Bertz CT molecular complexity index is 1100. The van der Waals surface area contributed by atoms with Crippen molar-refractivity contribution in [2.45, 2.75) is 72.5 Å². The number of nitrogens with one attached hydrogen (secondary N) is 1. The van der Waals surface area contributed by atoms with E-state index >= 15 is 0 Å². The van der Waals surface area contributed by atoms with Crippen molar-refractivity contribution in [3.8, 4) is 0 Å². The highest BCUT2D eigenvalue weighted by molar-refractivity contribution is 7.92. The molecule has 0 saturated heterocycles. The van der Waals surface area contributed by atoms with Crippen LogP contribution in [0.5, 0.6) is 0 Å². The van der Waals surface area contributed by atoms with Gasteiger partial charge >= 0.3 is 0 Å². The smallest absolute Gasteiger partial charge is 0.243 e. The van der Waals surface area contributed by atoms with Gasteiger partial charge in [0.15, 0.2) is 0 Å². The molecule has 192 valence electrons. The maximum absolute atomic E-state index is 13.4. The molecule has 2 aromatic carbocycles. The molecule has 35 heavy (non-hydrogen) atoms. The summed E-state index contributed by atoms with van der Waals surface area (Å²) in [4.78, 5) is 27.9. The molecule has 2 rings (SSSR count). The molecule has 1 atom stereocenters. The fourth-order valence-corrected chi connectivity index (χ4v) is 5.07. The monoisotopic (exact) mass is 501 g/mol. The Hall–Kier alpha value is -2.87. The van der Waals surface area contributed by atoms with Gasteiger partial charge in [0.2, 0.25) is 21.8 Å². The van der Waals surface area contributed by atoms with Gasteiger partial charge in [-0.3, -0.25) is 13.9 Å². The number of amides is 2. The van der Waals surface area contributed by atoms with E-state index in [0.717, 1.165) is 16.7 Å². The highest BCUT2D eigenvalue weighted by Crippen LogP contribution is 2.25. The van der Waals surface area contributed by atoms with Crippen molar-refractivity contribution < 1.29 is 18.0 Å². The van der Waals surface area contributed by atoms with E-state index in [1.165, 1.54) is 10.6 Å². The summed E-state index contributed by atoms with van der Waals surface area (Å²) in [6, 6.07) is 14.6. The molecule has 7 nitrogen and oxygen atoms in total. The molecule has 0 aromatic heterocycles. The van der Waals surface area contributed by atoms with Crippen LogP contribution in [0.25, 0.3) is 0 Å². The third-order valence-electron chi connectivity index (χ3n) is 5.80. The molecule has 0 heterocycles. The van der Waals surface area contributed by atoms with Gasteiger partial charge in [-0.2, -0.15) is 0 Å². The molecular weight excluding hydrogens is 462 g/mol. The van der Waals surface area contributed by atoms with Crippen molar-refractivity contribution in [2.24, 2.45) is 0 Å². The van der Waals surface area contributed by atoms with Gasteiger partial charge in [0.05, 0.1) is 11.9 Å². The van der Waals surface area contributed by atoms with Crippen molar-refractivity contribution in [1.82, 2.24) is 10.2 Å². The molecular formula is C27H39N3O4S. The van der Waals surface area contributed by atoms with Crippen LogP contribution in [0.2, 0.25) is 0 Å². The Balaban J connectivity index is 2.22. The summed E-state index contributed by atoms with van der Waals surface area (Å²) in [7, 11) is -3.53. The lowest BCUT2D eigenvalue weighted by Crippen LogP contribution is -2.50. The Morgan fingerprint density at radius 3 is 2.26 bits per heavy atom. The summed E-state index contributed by atoms with van der Waals surface area (Å²) in [5.41, 5.74) is 3.38. The largest absolute Gasteiger partial charge is 0.352 e. The Morgan fingerprint density at radius 1 is 1.03 bits per heavy atom. The van der Waals surface area contributed by atoms with Gasteiger partial charge in [0.25, 0.3) is 0 Å². The standard InChI is InChI=1S/C27H39N3O4S/c1-7-24(27(32)28-20(2)3)29(19-23-12-9-8-10-13-23)26(31)14-11-17-30(35(6,33)34)25-18-21(4)15-16-22(25)5/h8-10,12-13,15-16,18,20,24H,7,11,14,17,19H2,1-6H3,(H,28,32)/t24-/m0/s1. The van der Waals surface area contributed by atoms with E-state index in [-0.39, 0.29) is 30.8 Å². The zero-order valence-electron chi connectivity index (χ0n) is 21.7. The van der Waals surface area contributed by atoms with Crippen LogP contribution in [0, 0.1) is 13.8 Å². The molecule has 8 heteroatoms. The predicted octanol–water partition coefficient (Wildman–Crippen LogP) is 4.18. The molecule has 0 fully saturated rings. The van der Waals surface area contributed by atoms with Crippen molar-refractivity contribution in [1.29, 1.82) is 0 Å². The molecule has 0 aliphatic rings. The van der Waals surface area contributed by atoms with Crippen LogP contribution in [-0.4, -0.2) is 50.0 Å². The van der Waals surface area contributed by atoms with Crippen LogP contribution in [0.15, 0.2) is 48.5 Å². The first-order chi connectivity index (χ1) is 16.4. The van der Waals surface area contributed by atoms with E-state index in [9.17, 15) is 18.0 Å². The van der Waals surface area contributed by atoms with E-state index in [4.69, 9.17) is 0 Å². The second-order valence-electron chi connectivity index (χ2n) is 9.32. The van der Waals surface area contributed by atoms with Crippen molar-refractivity contribution in [3.05, 3.63) is 65.2 Å². The second-order valence-corrected chi connectivity index (χ2v) is 11.2. The van der Waals surface area contributed by atoms with Crippen LogP contribution in [0.4, 0.5) is 5.69 Å². The van der Waals surface area contributed by atoms with E-state index in [1.54, 1.807) is 4.90 Å². The first-order valence-corrected chi connectivity index (χ1v) is 14.0. The zero-order chi connectivity index (χ0) is 26.2. The van der Waals surface area contributed by atoms with Gasteiger partial charge in [-0.25, -0.2) is 8.42 Å². The fraction of sp³-hybridized carbons (Fsp3) is 0.481. The number of carbonyl (C=O) groups excluding carboxylic acids is 2. The van der Waals surface area contributed by atoms with E-state index < -0.39 is 16.1 Å². The summed E-state index contributed by atoms with van der Waals surface area (Å²) in [5.74, 6) is -0.353. The van der Waals surface area contributed by atoms with Crippen molar-refractivity contribution in [2.75, 3.05) is 17.1 Å². The van der Waals surface area contributed by atoms with E-state index in [1.807, 2.05) is 83.1 Å². The Labute approximate surface area is 210 Å². The number of anilines is 1. The molecule has 1 N–H and O–H groups in total. The first kappa shape index (κ1) is 28.4. The van der Waals surface area contributed by atoms with Crippen LogP contribution >= 0.6 is 0 Å². The minimum Gasteiger partial charge on any atom is -0.352 e. The summed E-state index contributed by atoms with van der Waals surface area (Å²) < 4.78 is 26.5.